The van der Waals surface area contributed by atoms with Gasteiger partial charge in [-0.1, -0.05) is 24.3 Å². The molecule has 1 atom stereocenters. The maximum Gasteiger partial charge on any atom is 0.240 e. The summed E-state index contributed by atoms with van der Waals surface area (Å²) in [6, 6.07) is 7.24. The fourth-order valence-electron chi connectivity index (χ4n) is 2.57. The van der Waals surface area contributed by atoms with Crippen LogP contribution in [0.5, 0.6) is 0 Å². The Balaban J connectivity index is 2.13. The number of amides is 2. The highest BCUT2D eigenvalue weighted by Gasteiger charge is 2.32. The molecule has 108 valence electrons. The van der Waals surface area contributed by atoms with Crippen molar-refractivity contribution >= 4 is 11.8 Å². The van der Waals surface area contributed by atoms with Crippen molar-refractivity contribution in [2.24, 2.45) is 5.73 Å². The van der Waals surface area contributed by atoms with Crippen molar-refractivity contribution in [2.75, 3.05) is 6.61 Å². The van der Waals surface area contributed by atoms with E-state index in [1.54, 1.807) is 4.90 Å². The van der Waals surface area contributed by atoms with Crippen molar-refractivity contribution < 1.29 is 14.7 Å². The van der Waals surface area contributed by atoms with Crippen LogP contribution in [0.3, 0.4) is 0 Å². The molecule has 2 amide bonds. The van der Waals surface area contributed by atoms with Gasteiger partial charge in [-0.15, -0.1) is 0 Å². The normalized spacial score (nSPS) is 17.6. The molecule has 1 aliphatic heterocycles. The van der Waals surface area contributed by atoms with Crippen LogP contribution in [-0.4, -0.2) is 34.5 Å². The Morgan fingerprint density at radius 3 is 2.60 bits per heavy atom. The molecule has 5 nitrogen and oxygen atoms in total. The summed E-state index contributed by atoms with van der Waals surface area (Å²) in [6.45, 7) is 0.511. The molecule has 0 saturated carbocycles. The van der Waals surface area contributed by atoms with Crippen molar-refractivity contribution in [1.29, 1.82) is 0 Å². The standard InChI is InChI=1S/C15H20N2O3/c16-15(20)13-9-11-5-1-2-6-12(11)10-17(13)14(19)7-3-4-8-18/h1-2,5-6,13,18H,3-4,7-10H2,(H2,16,20)/t13-/m0/s1. The lowest BCUT2D eigenvalue weighted by Gasteiger charge is -2.35. The summed E-state index contributed by atoms with van der Waals surface area (Å²) in [6.07, 6.45) is 2.04. The van der Waals surface area contributed by atoms with Gasteiger partial charge in [0.1, 0.15) is 6.04 Å². The van der Waals surface area contributed by atoms with E-state index in [1.165, 1.54) is 0 Å². The van der Waals surface area contributed by atoms with E-state index in [0.717, 1.165) is 11.1 Å². The molecule has 0 spiro atoms. The van der Waals surface area contributed by atoms with Gasteiger partial charge < -0.3 is 15.7 Å². The predicted molar refractivity (Wildman–Crippen MR) is 74.6 cm³/mol. The number of nitrogens with two attached hydrogens (primary N) is 1. The topological polar surface area (TPSA) is 83.6 Å². The summed E-state index contributed by atoms with van der Waals surface area (Å²) < 4.78 is 0. The Bertz CT molecular complexity index is 502. The van der Waals surface area contributed by atoms with E-state index < -0.39 is 11.9 Å². The Labute approximate surface area is 118 Å². The second-order valence-corrected chi connectivity index (χ2v) is 5.09. The molecule has 0 aliphatic carbocycles. The van der Waals surface area contributed by atoms with Crippen LogP contribution in [0.15, 0.2) is 24.3 Å². The van der Waals surface area contributed by atoms with Crippen molar-refractivity contribution in [2.45, 2.75) is 38.3 Å². The van der Waals surface area contributed by atoms with Gasteiger partial charge in [0.2, 0.25) is 11.8 Å². The molecule has 2 rings (SSSR count). The number of carbonyl (C=O) groups excluding carboxylic acids is 2. The third kappa shape index (κ3) is 3.17. The van der Waals surface area contributed by atoms with Gasteiger partial charge in [0, 0.05) is 26.0 Å². The van der Waals surface area contributed by atoms with Gasteiger partial charge in [0.05, 0.1) is 0 Å². The summed E-state index contributed by atoms with van der Waals surface area (Å²) >= 11 is 0. The van der Waals surface area contributed by atoms with Crippen LogP contribution in [0.4, 0.5) is 0 Å². The maximum atomic E-state index is 12.2. The molecule has 1 aromatic carbocycles. The minimum atomic E-state index is -0.563. The maximum absolute atomic E-state index is 12.2. The van der Waals surface area contributed by atoms with E-state index >= 15 is 0 Å². The first-order valence-electron chi connectivity index (χ1n) is 6.90. The van der Waals surface area contributed by atoms with E-state index in [2.05, 4.69) is 0 Å². The minimum absolute atomic E-state index is 0.0725. The second-order valence-electron chi connectivity index (χ2n) is 5.09. The number of unbranched alkanes of at least 4 members (excludes halogenated alkanes) is 1. The summed E-state index contributed by atoms with van der Waals surface area (Å²) in [4.78, 5) is 25.4. The van der Waals surface area contributed by atoms with Gasteiger partial charge in [-0.05, 0) is 24.0 Å². The summed E-state index contributed by atoms with van der Waals surface area (Å²) in [5.41, 5.74) is 7.58. The number of primary amides is 1. The molecule has 1 aromatic rings. The lowest BCUT2D eigenvalue weighted by atomic mass is 9.93. The SMILES string of the molecule is NC(=O)[C@@H]1Cc2ccccc2CN1C(=O)CCCCO. The smallest absolute Gasteiger partial charge is 0.240 e. The fourth-order valence-corrected chi connectivity index (χ4v) is 2.57. The number of nitrogens with zero attached hydrogens (tertiary/aromatic N) is 1. The van der Waals surface area contributed by atoms with E-state index in [1.807, 2.05) is 24.3 Å². The van der Waals surface area contributed by atoms with Gasteiger partial charge >= 0.3 is 0 Å². The van der Waals surface area contributed by atoms with E-state index in [0.29, 0.717) is 32.2 Å². The highest BCUT2D eigenvalue weighted by Crippen LogP contribution is 2.24. The van der Waals surface area contributed by atoms with Crippen molar-refractivity contribution in [3.05, 3.63) is 35.4 Å². The molecule has 20 heavy (non-hydrogen) atoms. The van der Waals surface area contributed by atoms with Crippen LogP contribution >= 0.6 is 0 Å². The van der Waals surface area contributed by atoms with Crippen LogP contribution in [0.25, 0.3) is 0 Å². The number of hydrogen-bond donors (Lipinski definition) is 2. The molecule has 0 fully saturated rings. The molecule has 1 heterocycles. The quantitative estimate of drug-likeness (QED) is 0.772. The first-order valence-corrected chi connectivity index (χ1v) is 6.90. The summed E-state index contributed by atoms with van der Waals surface area (Å²) in [5.74, 6) is -0.535. The summed E-state index contributed by atoms with van der Waals surface area (Å²) in [5, 5.41) is 8.76. The number of hydrogen-bond acceptors (Lipinski definition) is 3. The lowest BCUT2D eigenvalue weighted by Crippen LogP contribution is -2.51. The lowest BCUT2D eigenvalue weighted by molar-refractivity contribution is -0.140. The molecule has 1 aliphatic rings. The molecule has 0 aromatic heterocycles. The van der Waals surface area contributed by atoms with Gasteiger partial charge in [-0.2, -0.15) is 0 Å². The molecular weight excluding hydrogens is 256 g/mol. The van der Waals surface area contributed by atoms with Crippen molar-refractivity contribution in [3.8, 4) is 0 Å². The van der Waals surface area contributed by atoms with Gasteiger partial charge in [-0.3, -0.25) is 9.59 Å². The largest absolute Gasteiger partial charge is 0.396 e. The molecule has 0 radical (unpaired) electrons. The minimum Gasteiger partial charge on any atom is -0.396 e. The number of rotatable bonds is 5. The first-order chi connectivity index (χ1) is 9.63. The molecule has 5 heteroatoms. The average molecular weight is 276 g/mol. The first kappa shape index (κ1) is 14.5. The van der Waals surface area contributed by atoms with Crippen molar-refractivity contribution in [1.82, 2.24) is 4.90 Å². The number of fused-ring (bicyclic) bond motifs is 1. The van der Waals surface area contributed by atoms with Gasteiger partial charge in [-0.25, -0.2) is 0 Å². The van der Waals surface area contributed by atoms with Gasteiger partial charge in [0.15, 0.2) is 0 Å². The number of aliphatic hydroxyl groups is 1. The van der Waals surface area contributed by atoms with Crippen LogP contribution in [0.2, 0.25) is 0 Å². The third-order valence-electron chi connectivity index (χ3n) is 3.70. The Kier molecular flexibility index (Phi) is 4.74. The average Bonchev–Trinajstić information content (AvgIpc) is 2.46. The highest BCUT2D eigenvalue weighted by atomic mass is 16.3. The molecular formula is C15H20N2O3. The Morgan fingerprint density at radius 1 is 1.25 bits per heavy atom. The van der Waals surface area contributed by atoms with E-state index in [4.69, 9.17) is 10.8 Å². The number of benzene rings is 1. The zero-order valence-corrected chi connectivity index (χ0v) is 11.4. The van der Waals surface area contributed by atoms with E-state index in [9.17, 15) is 9.59 Å². The van der Waals surface area contributed by atoms with E-state index in [-0.39, 0.29) is 12.5 Å². The van der Waals surface area contributed by atoms with Crippen LogP contribution in [-0.2, 0) is 22.6 Å². The monoisotopic (exact) mass is 276 g/mol. The van der Waals surface area contributed by atoms with Crippen LogP contribution in [0, 0.1) is 0 Å². The zero-order valence-electron chi connectivity index (χ0n) is 11.4. The van der Waals surface area contributed by atoms with Crippen molar-refractivity contribution in [3.63, 3.8) is 0 Å². The molecule has 0 unspecified atom stereocenters. The third-order valence-corrected chi connectivity index (χ3v) is 3.70. The zero-order chi connectivity index (χ0) is 14.5. The predicted octanol–water partition coefficient (Wildman–Crippen LogP) is 0.588. The second kappa shape index (κ2) is 6.52. The molecule has 0 bridgehead atoms. The van der Waals surface area contributed by atoms with Crippen LogP contribution < -0.4 is 5.73 Å². The summed E-state index contributed by atoms with van der Waals surface area (Å²) in [7, 11) is 0. The van der Waals surface area contributed by atoms with Gasteiger partial charge in [0.25, 0.3) is 0 Å². The highest BCUT2D eigenvalue weighted by molar-refractivity contribution is 5.87. The number of aliphatic hydroxyl groups excluding tert-OH is 1. The molecule has 3 N–H and O–H groups in total. The Morgan fingerprint density at radius 2 is 1.95 bits per heavy atom. The fraction of sp³-hybridized carbons (Fsp3) is 0.467. The number of carbonyl (C=O) groups is 2. The van der Waals surface area contributed by atoms with Crippen LogP contribution in [0.1, 0.15) is 30.4 Å². The Hall–Kier alpha value is -1.88. The molecule has 0 saturated heterocycles.